The fourth-order valence-corrected chi connectivity index (χ4v) is 3.03. The van der Waals surface area contributed by atoms with Gasteiger partial charge in [0.05, 0.1) is 16.1 Å². The number of pyridine rings is 1. The Hall–Kier alpha value is -2.93. The highest BCUT2D eigenvalue weighted by molar-refractivity contribution is 7.18. The molecule has 24 heavy (non-hydrogen) atoms. The number of anilines is 2. The van der Waals surface area contributed by atoms with Crippen molar-refractivity contribution in [3.8, 4) is 0 Å². The molecule has 0 aliphatic carbocycles. The lowest BCUT2D eigenvalue weighted by atomic mass is 10.2. The number of rotatable bonds is 4. The van der Waals surface area contributed by atoms with Crippen LogP contribution in [0.2, 0.25) is 0 Å². The van der Waals surface area contributed by atoms with E-state index < -0.39 is 0 Å². The van der Waals surface area contributed by atoms with Crippen LogP contribution < -0.4 is 10.6 Å². The van der Waals surface area contributed by atoms with E-state index in [0.717, 1.165) is 11.1 Å². The second-order valence-corrected chi connectivity index (χ2v) is 6.28. The van der Waals surface area contributed by atoms with Crippen molar-refractivity contribution in [1.29, 1.82) is 0 Å². The third kappa shape index (κ3) is 3.52. The summed E-state index contributed by atoms with van der Waals surface area (Å²) in [5, 5.41) is 6.05. The Morgan fingerprint density at radius 3 is 2.62 bits per heavy atom. The van der Waals surface area contributed by atoms with Crippen molar-refractivity contribution in [2.24, 2.45) is 0 Å². The lowest BCUT2D eigenvalue weighted by molar-refractivity contribution is 0.0995. The van der Waals surface area contributed by atoms with Crippen molar-refractivity contribution in [3.63, 3.8) is 0 Å². The van der Waals surface area contributed by atoms with E-state index in [1.165, 1.54) is 17.6 Å². The second-order valence-electron chi connectivity index (χ2n) is 5.23. The van der Waals surface area contributed by atoms with Crippen molar-refractivity contribution in [2.75, 3.05) is 10.6 Å². The highest BCUT2D eigenvalue weighted by Gasteiger charge is 2.17. The van der Waals surface area contributed by atoms with Crippen LogP contribution in [0.25, 0.3) is 0 Å². The van der Waals surface area contributed by atoms with Gasteiger partial charge in [-0.05, 0) is 49.2 Å². The van der Waals surface area contributed by atoms with Gasteiger partial charge >= 0.3 is 0 Å². The van der Waals surface area contributed by atoms with Gasteiger partial charge in [0.1, 0.15) is 5.82 Å². The van der Waals surface area contributed by atoms with Crippen molar-refractivity contribution in [3.05, 3.63) is 64.6 Å². The fourth-order valence-electron chi connectivity index (χ4n) is 2.07. The van der Waals surface area contributed by atoms with Crippen LogP contribution in [0.3, 0.4) is 0 Å². The molecule has 3 rings (SSSR count). The molecule has 0 bridgehead atoms. The molecule has 0 saturated heterocycles. The van der Waals surface area contributed by atoms with Gasteiger partial charge in [0.2, 0.25) is 0 Å². The van der Waals surface area contributed by atoms with Crippen molar-refractivity contribution in [2.45, 2.75) is 13.8 Å². The lowest BCUT2D eigenvalue weighted by Gasteiger charge is -2.03. The Morgan fingerprint density at radius 1 is 1.12 bits per heavy atom. The van der Waals surface area contributed by atoms with Gasteiger partial charge in [0, 0.05) is 6.20 Å². The Labute approximate surface area is 142 Å². The molecule has 2 amide bonds. The van der Waals surface area contributed by atoms with Crippen LogP contribution >= 0.6 is 11.3 Å². The molecule has 3 aromatic heterocycles. The number of carbonyl (C=O) groups is 2. The van der Waals surface area contributed by atoms with Gasteiger partial charge in [0.25, 0.3) is 11.8 Å². The molecule has 0 aliphatic rings. The predicted molar refractivity (Wildman–Crippen MR) is 92.6 cm³/mol. The van der Waals surface area contributed by atoms with E-state index in [2.05, 4.69) is 15.6 Å². The molecule has 7 heteroatoms. The van der Waals surface area contributed by atoms with Crippen molar-refractivity contribution < 1.29 is 14.0 Å². The highest BCUT2D eigenvalue weighted by Crippen LogP contribution is 2.27. The number of hydrogen-bond donors (Lipinski definition) is 2. The van der Waals surface area contributed by atoms with Crippen LogP contribution in [0.1, 0.15) is 31.4 Å². The van der Waals surface area contributed by atoms with Crippen LogP contribution in [0, 0.1) is 13.8 Å². The first kappa shape index (κ1) is 15.9. The smallest absolute Gasteiger partial charge is 0.291 e. The summed E-state index contributed by atoms with van der Waals surface area (Å²) in [6.07, 6.45) is 3.12. The molecule has 0 unspecified atom stereocenters. The summed E-state index contributed by atoms with van der Waals surface area (Å²) in [4.78, 5) is 29.0. The average Bonchev–Trinajstić information content (AvgIpc) is 3.19. The minimum absolute atomic E-state index is 0.218. The first-order chi connectivity index (χ1) is 11.5. The maximum atomic E-state index is 12.4. The van der Waals surface area contributed by atoms with Gasteiger partial charge in [-0.15, -0.1) is 11.3 Å². The Morgan fingerprint density at radius 2 is 1.96 bits per heavy atom. The van der Waals surface area contributed by atoms with Gasteiger partial charge in [0.15, 0.2) is 5.76 Å². The number of furan rings is 1. The number of nitrogens with one attached hydrogen (secondary N) is 2. The zero-order valence-corrected chi connectivity index (χ0v) is 13.9. The quantitative estimate of drug-likeness (QED) is 0.755. The normalized spacial score (nSPS) is 10.4. The third-order valence-corrected chi connectivity index (χ3v) is 4.41. The molecule has 0 spiro atoms. The predicted octanol–water partition coefficient (Wildman–Crippen LogP) is 3.86. The topological polar surface area (TPSA) is 84.2 Å². The van der Waals surface area contributed by atoms with Crippen LogP contribution in [0.5, 0.6) is 0 Å². The van der Waals surface area contributed by atoms with Crippen molar-refractivity contribution >= 4 is 34.0 Å². The second kappa shape index (κ2) is 6.67. The van der Waals surface area contributed by atoms with Gasteiger partial charge < -0.3 is 15.1 Å². The average molecular weight is 341 g/mol. The van der Waals surface area contributed by atoms with Gasteiger partial charge in [-0.3, -0.25) is 9.59 Å². The van der Waals surface area contributed by atoms with E-state index in [9.17, 15) is 9.59 Å². The Balaban J connectivity index is 1.72. The summed E-state index contributed by atoms with van der Waals surface area (Å²) in [5.74, 6) is 0.0937. The number of carbonyl (C=O) groups excluding carboxylic acids is 2. The van der Waals surface area contributed by atoms with E-state index in [-0.39, 0.29) is 17.6 Å². The molecule has 0 aromatic carbocycles. The monoisotopic (exact) mass is 341 g/mol. The van der Waals surface area contributed by atoms with Crippen LogP contribution in [0.4, 0.5) is 10.8 Å². The molecule has 0 radical (unpaired) electrons. The fraction of sp³-hybridized carbons (Fsp3) is 0.118. The zero-order valence-electron chi connectivity index (χ0n) is 13.1. The standard InChI is InChI=1S/C17H15N3O3S/c1-10-5-6-13(18-9-10)19-17(22)15-11(2)8-14(24-15)20-16(21)12-4-3-7-23-12/h3-9H,1-2H3,(H,20,21)(H,18,19,22). The zero-order chi connectivity index (χ0) is 17.1. The third-order valence-electron chi connectivity index (χ3n) is 3.26. The summed E-state index contributed by atoms with van der Waals surface area (Å²) in [7, 11) is 0. The number of aryl methyl sites for hydroxylation is 2. The number of aromatic nitrogens is 1. The molecule has 3 heterocycles. The Kier molecular flexibility index (Phi) is 4.43. The van der Waals surface area contributed by atoms with Gasteiger partial charge in [-0.25, -0.2) is 4.98 Å². The van der Waals surface area contributed by atoms with Crippen LogP contribution in [-0.4, -0.2) is 16.8 Å². The Bertz CT molecular complexity index is 867. The molecule has 0 atom stereocenters. The summed E-state index contributed by atoms with van der Waals surface area (Å²) in [6, 6.07) is 8.59. The van der Waals surface area contributed by atoms with Gasteiger partial charge in [-0.2, -0.15) is 0 Å². The van der Waals surface area contributed by atoms with E-state index >= 15 is 0 Å². The molecule has 0 fully saturated rings. The molecule has 0 saturated carbocycles. The maximum Gasteiger partial charge on any atom is 0.291 e. The molecule has 0 aliphatic heterocycles. The minimum Gasteiger partial charge on any atom is -0.459 e. The maximum absolute atomic E-state index is 12.4. The molecular weight excluding hydrogens is 326 g/mol. The first-order valence-corrected chi connectivity index (χ1v) is 8.04. The van der Waals surface area contributed by atoms with Crippen LogP contribution in [-0.2, 0) is 0 Å². The van der Waals surface area contributed by atoms with E-state index in [4.69, 9.17) is 4.42 Å². The van der Waals surface area contributed by atoms with Crippen LogP contribution in [0.15, 0.2) is 47.2 Å². The number of amides is 2. The molecule has 6 nitrogen and oxygen atoms in total. The van der Waals surface area contributed by atoms with E-state index in [0.29, 0.717) is 15.7 Å². The van der Waals surface area contributed by atoms with Crippen molar-refractivity contribution in [1.82, 2.24) is 4.98 Å². The highest BCUT2D eigenvalue weighted by atomic mass is 32.1. The first-order valence-electron chi connectivity index (χ1n) is 7.22. The number of thiophene rings is 1. The SMILES string of the molecule is Cc1ccc(NC(=O)c2sc(NC(=O)c3ccco3)cc2C)nc1. The molecule has 2 N–H and O–H groups in total. The van der Waals surface area contributed by atoms with Gasteiger partial charge in [-0.1, -0.05) is 6.07 Å². The summed E-state index contributed by atoms with van der Waals surface area (Å²) >= 11 is 1.20. The summed E-state index contributed by atoms with van der Waals surface area (Å²) in [5.41, 5.74) is 1.79. The summed E-state index contributed by atoms with van der Waals surface area (Å²) < 4.78 is 5.05. The molecule has 3 aromatic rings. The largest absolute Gasteiger partial charge is 0.459 e. The number of nitrogens with zero attached hydrogens (tertiary/aromatic N) is 1. The molecular formula is C17H15N3O3S. The molecule has 122 valence electrons. The summed E-state index contributed by atoms with van der Waals surface area (Å²) in [6.45, 7) is 3.74. The van der Waals surface area contributed by atoms with E-state index in [1.807, 2.05) is 19.9 Å². The lowest BCUT2D eigenvalue weighted by Crippen LogP contribution is -2.12. The van der Waals surface area contributed by atoms with E-state index in [1.54, 1.807) is 30.5 Å². The minimum atomic E-state index is -0.353. The number of hydrogen-bond acceptors (Lipinski definition) is 5.